The Balaban J connectivity index is 2.17. The van der Waals surface area contributed by atoms with E-state index in [0.29, 0.717) is 43.5 Å². The van der Waals surface area contributed by atoms with Gasteiger partial charge in [-0.25, -0.2) is 8.42 Å². The monoisotopic (exact) mass is 396 g/mol. The van der Waals surface area contributed by atoms with E-state index in [1.54, 1.807) is 26.0 Å². The first-order valence-electron chi connectivity index (χ1n) is 9.99. The number of nitrogens with one attached hydrogen (secondary N) is 1. The zero-order valence-electron chi connectivity index (χ0n) is 16.7. The molecule has 1 aliphatic rings. The van der Waals surface area contributed by atoms with Gasteiger partial charge in [0.2, 0.25) is 15.9 Å². The zero-order chi connectivity index (χ0) is 19.9. The Morgan fingerprint density at radius 2 is 1.85 bits per heavy atom. The fourth-order valence-electron chi connectivity index (χ4n) is 3.62. The fourth-order valence-corrected chi connectivity index (χ4v) is 5.24. The average Bonchev–Trinajstić information content (AvgIpc) is 3.16. The summed E-state index contributed by atoms with van der Waals surface area (Å²) >= 11 is 0. The van der Waals surface area contributed by atoms with Crippen molar-refractivity contribution in [3.8, 4) is 5.75 Å². The first-order valence-corrected chi connectivity index (χ1v) is 11.4. The first kappa shape index (κ1) is 21.7. The van der Waals surface area contributed by atoms with Gasteiger partial charge in [-0.05, 0) is 37.5 Å². The van der Waals surface area contributed by atoms with Crippen LogP contribution in [0.5, 0.6) is 5.75 Å². The van der Waals surface area contributed by atoms with Crippen LogP contribution in [0.25, 0.3) is 0 Å². The van der Waals surface area contributed by atoms with Crippen molar-refractivity contribution >= 4 is 21.6 Å². The lowest BCUT2D eigenvalue weighted by Crippen LogP contribution is -2.31. The van der Waals surface area contributed by atoms with Crippen molar-refractivity contribution in [1.29, 1.82) is 0 Å². The van der Waals surface area contributed by atoms with Crippen LogP contribution in [0.15, 0.2) is 23.1 Å². The van der Waals surface area contributed by atoms with Gasteiger partial charge in [-0.15, -0.1) is 0 Å². The number of carbonyl (C=O) groups is 1. The van der Waals surface area contributed by atoms with Crippen LogP contribution in [0.4, 0.5) is 5.69 Å². The number of hydrogen-bond donors (Lipinski definition) is 1. The largest absolute Gasteiger partial charge is 0.492 e. The Morgan fingerprint density at radius 1 is 1.19 bits per heavy atom. The molecule has 7 heteroatoms. The summed E-state index contributed by atoms with van der Waals surface area (Å²) in [4.78, 5) is 12.4. The van der Waals surface area contributed by atoms with E-state index < -0.39 is 10.0 Å². The van der Waals surface area contributed by atoms with Crippen LogP contribution in [-0.4, -0.2) is 38.3 Å². The van der Waals surface area contributed by atoms with Crippen LogP contribution in [0.3, 0.4) is 0 Å². The summed E-state index contributed by atoms with van der Waals surface area (Å²) in [5.41, 5.74) is 0.487. The molecule has 0 radical (unpaired) electrons. The Bertz CT molecular complexity index is 723. The quantitative estimate of drug-likeness (QED) is 0.648. The second kappa shape index (κ2) is 10.1. The predicted molar refractivity (Wildman–Crippen MR) is 108 cm³/mol. The third-order valence-corrected chi connectivity index (χ3v) is 7.18. The van der Waals surface area contributed by atoms with Gasteiger partial charge in [-0.2, -0.15) is 4.31 Å². The molecule has 0 bridgehead atoms. The molecule has 1 aromatic rings. The summed E-state index contributed by atoms with van der Waals surface area (Å²) in [6.07, 6.45) is 6.31. The Hall–Kier alpha value is -1.60. The minimum absolute atomic E-state index is 0.0720. The lowest BCUT2D eigenvalue weighted by Gasteiger charge is -2.21. The number of anilines is 1. The Kier molecular flexibility index (Phi) is 8.10. The highest BCUT2D eigenvalue weighted by Crippen LogP contribution is 2.31. The molecule has 1 N–H and O–H groups in total. The SMILES string of the molecule is CCOc1ccc(NC(=O)CCC2CCCC2)cc1S(=O)(=O)N(CC)CC. The van der Waals surface area contributed by atoms with Gasteiger partial charge in [0.05, 0.1) is 6.61 Å². The molecule has 27 heavy (non-hydrogen) atoms. The molecule has 6 nitrogen and oxygen atoms in total. The molecule has 0 spiro atoms. The smallest absolute Gasteiger partial charge is 0.246 e. The molecule has 0 heterocycles. The van der Waals surface area contributed by atoms with Crippen molar-refractivity contribution in [3.05, 3.63) is 18.2 Å². The molecule has 1 amide bonds. The summed E-state index contributed by atoms with van der Waals surface area (Å²) in [7, 11) is -3.68. The second-order valence-electron chi connectivity index (χ2n) is 6.92. The molecular formula is C20H32N2O4S. The molecule has 152 valence electrons. The number of carbonyl (C=O) groups excluding carboxylic acids is 1. The van der Waals surface area contributed by atoms with Crippen molar-refractivity contribution in [2.75, 3.05) is 25.0 Å². The molecule has 0 atom stereocenters. The van der Waals surface area contributed by atoms with Crippen LogP contribution in [-0.2, 0) is 14.8 Å². The van der Waals surface area contributed by atoms with E-state index in [4.69, 9.17) is 4.74 Å². The lowest BCUT2D eigenvalue weighted by molar-refractivity contribution is -0.116. The number of nitrogens with zero attached hydrogens (tertiary/aromatic N) is 1. The topological polar surface area (TPSA) is 75.7 Å². The highest BCUT2D eigenvalue weighted by molar-refractivity contribution is 7.89. The normalized spacial score (nSPS) is 15.3. The van der Waals surface area contributed by atoms with Gasteiger partial charge >= 0.3 is 0 Å². The highest BCUT2D eigenvalue weighted by Gasteiger charge is 2.26. The van der Waals surface area contributed by atoms with E-state index in [2.05, 4.69) is 5.32 Å². The summed E-state index contributed by atoms with van der Waals surface area (Å²) in [5, 5.41) is 2.85. The zero-order valence-corrected chi connectivity index (χ0v) is 17.5. The molecule has 1 aromatic carbocycles. The van der Waals surface area contributed by atoms with E-state index in [0.717, 1.165) is 6.42 Å². The number of benzene rings is 1. The number of hydrogen-bond acceptors (Lipinski definition) is 4. The standard InChI is InChI=1S/C20H32N2O4S/c1-4-22(5-2)27(24,25)19-15-17(12-13-18(19)26-6-3)21-20(23)14-11-16-9-7-8-10-16/h12-13,15-16H,4-11,14H2,1-3H3,(H,21,23). The minimum atomic E-state index is -3.68. The van der Waals surface area contributed by atoms with Crippen LogP contribution in [0.2, 0.25) is 0 Å². The van der Waals surface area contributed by atoms with Gasteiger partial charge in [-0.1, -0.05) is 39.5 Å². The fraction of sp³-hybridized carbons (Fsp3) is 0.650. The van der Waals surface area contributed by atoms with Crippen LogP contribution in [0.1, 0.15) is 59.3 Å². The molecule has 0 aromatic heterocycles. The van der Waals surface area contributed by atoms with Gasteiger partial charge in [0, 0.05) is 25.2 Å². The Labute approximate surface area is 163 Å². The van der Waals surface area contributed by atoms with Crippen molar-refractivity contribution in [2.45, 2.75) is 64.2 Å². The molecule has 1 saturated carbocycles. The average molecular weight is 397 g/mol. The van der Waals surface area contributed by atoms with E-state index in [-0.39, 0.29) is 10.8 Å². The van der Waals surface area contributed by atoms with E-state index in [1.165, 1.54) is 36.1 Å². The number of ether oxygens (including phenoxy) is 1. The first-order chi connectivity index (χ1) is 12.9. The van der Waals surface area contributed by atoms with Gasteiger partial charge < -0.3 is 10.1 Å². The molecule has 1 aliphatic carbocycles. The van der Waals surface area contributed by atoms with Gasteiger partial charge in [0.25, 0.3) is 0 Å². The number of sulfonamides is 1. The second-order valence-corrected chi connectivity index (χ2v) is 8.83. The maximum absolute atomic E-state index is 13.0. The van der Waals surface area contributed by atoms with Gasteiger partial charge in [-0.3, -0.25) is 4.79 Å². The molecule has 0 aliphatic heterocycles. The molecule has 1 fully saturated rings. The van der Waals surface area contributed by atoms with Crippen molar-refractivity contribution in [2.24, 2.45) is 5.92 Å². The molecular weight excluding hydrogens is 364 g/mol. The van der Waals surface area contributed by atoms with Crippen LogP contribution >= 0.6 is 0 Å². The summed E-state index contributed by atoms with van der Waals surface area (Å²) in [5.74, 6) is 0.889. The summed E-state index contributed by atoms with van der Waals surface area (Å²) in [6, 6.07) is 4.82. The van der Waals surface area contributed by atoms with Crippen LogP contribution < -0.4 is 10.1 Å². The third kappa shape index (κ3) is 5.69. The highest BCUT2D eigenvalue weighted by atomic mass is 32.2. The van der Waals surface area contributed by atoms with Crippen molar-refractivity contribution in [1.82, 2.24) is 4.31 Å². The Morgan fingerprint density at radius 3 is 2.44 bits per heavy atom. The maximum atomic E-state index is 13.0. The lowest BCUT2D eigenvalue weighted by atomic mass is 10.0. The van der Waals surface area contributed by atoms with E-state index >= 15 is 0 Å². The van der Waals surface area contributed by atoms with Gasteiger partial charge in [0.15, 0.2) is 0 Å². The number of amides is 1. The third-order valence-electron chi connectivity index (χ3n) is 5.10. The number of rotatable bonds is 10. The summed E-state index contributed by atoms with van der Waals surface area (Å²) in [6.45, 7) is 6.54. The van der Waals surface area contributed by atoms with Gasteiger partial charge in [0.1, 0.15) is 10.6 Å². The van der Waals surface area contributed by atoms with Crippen LogP contribution in [0, 0.1) is 5.92 Å². The minimum Gasteiger partial charge on any atom is -0.492 e. The van der Waals surface area contributed by atoms with Crippen molar-refractivity contribution in [3.63, 3.8) is 0 Å². The predicted octanol–water partition coefficient (Wildman–Crippen LogP) is 4.02. The maximum Gasteiger partial charge on any atom is 0.246 e. The van der Waals surface area contributed by atoms with Crippen molar-refractivity contribution < 1.29 is 17.9 Å². The molecule has 2 rings (SSSR count). The van der Waals surface area contributed by atoms with E-state index in [9.17, 15) is 13.2 Å². The molecule has 0 unspecified atom stereocenters. The molecule has 0 saturated heterocycles. The summed E-state index contributed by atoms with van der Waals surface area (Å²) < 4.78 is 32.8. The van der Waals surface area contributed by atoms with E-state index in [1.807, 2.05) is 6.92 Å².